The minimum absolute atomic E-state index is 0.0284. The predicted octanol–water partition coefficient (Wildman–Crippen LogP) is 0.963. The van der Waals surface area contributed by atoms with Crippen molar-refractivity contribution in [2.75, 3.05) is 26.4 Å². The van der Waals surface area contributed by atoms with E-state index in [4.69, 9.17) is 14.6 Å². The number of ether oxygens (including phenoxy) is 2. The van der Waals surface area contributed by atoms with Gasteiger partial charge in [0.15, 0.2) is 6.61 Å². The first-order valence-corrected chi connectivity index (χ1v) is 5.99. The molecule has 5 heteroatoms. The van der Waals surface area contributed by atoms with Gasteiger partial charge in [0.1, 0.15) is 11.5 Å². The molecule has 0 saturated heterocycles. The predicted molar refractivity (Wildman–Crippen MR) is 67.8 cm³/mol. The van der Waals surface area contributed by atoms with E-state index in [9.17, 15) is 4.79 Å². The van der Waals surface area contributed by atoms with Crippen molar-refractivity contribution in [3.63, 3.8) is 0 Å². The Bertz CT molecular complexity index is 351. The highest BCUT2D eigenvalue weighted by molar-refractivity contribution is 5.77. The van der Waals surface area contributed by atoms with Crippen LogP contribution in [0.15, 0.2) is 24.3 Å². The summed E-state index contributed by atoms with van der Waals surface area (Å²) in [5.74, 6) is 1.20. The number of benzene rings is 1. The first-order valence-electron chi connectivity index (χ1n) is 5.99. The van der Waals surface area contributed by atoms with Gasteiger partial charge in [-0.1, -0.05) is 0 Å². The van der Waals surface area contributed by atoms with Crippen LogP contribution >= 0.6 is 0 Å². The van der Waals surface area contributed by atoms with Gasteiger partial charge in [0.2, 0.25) is 0 Å². The van der Waals surface area contributed by atoms with Crippen molar-refractivity contribution < 1.29 is 19.4 Å². The third-order valence-corrected chi connectivity index (χ3v) is 2.16. The van der Waals surface area contributed by atoms with Crippen LogP contribution in [0.1, 0.15) is 13.3 Å². The molecule has 0 fully saturated rings. The number of carbonyl (C=O) groups excluding carboxylic acids is 1. The molecule has 5 nitrogen and oxygen atoms in total. The van der Waals surface area contributed by atoms with Gasteiger partial charge < -0.3 is 19.9 Å². The summed E-state index contributed by atoms with van der Waals surface area (Å²) in [5.41, 5.74) is 0. The first-order chi connectivity index (χ1) is 8.76. The van der Waals surface area contributed by atoms with E-state index >= 15 is 0 Å². The Kier molecular flexibility index (Phi) is 6.64. The first kappa shape index (κ1) is 14.3. The minimum atomic E-state index is -0.197. The summed E-state index contributed by atoms with van der Waals surface area (Å²) < 4.78 is 10.6. The Morgan fingerprint density at radius 1 is 1.22 bits per heavy atom. The summed E-state index contributed by atoms with van der Waals surface area (Å²) in [6.07, 6.45) is 0.550. The van der Waals surface area contributed by atoms with Crippen LogP contribution in [0.4, 0.5) is 0 Å². The normalized spacial score (nSPS) is 9.89. The third-order valence-electron chi connectivity index (χ3n) is 2.16. The smallest absolute Gasteiger partial charge is 0.257 e. The standard InChI is InChI=1S/C13H19NO4/c1-2-17-11-4-6-12(7-5-11)18-10-13(16)14-8-3-9-15/h4-7,15H,2-3,8-10H2,1H3,(H,14,16). The van der Waals surface area contributed by atoms with Gasteiger partial charge in [-0.05, 0) is 37.6 Å². The van der Waals surface area contributed by atoms with Gasteiger partial charge in [0, 0.05) is 13.2 Å². The average molecular weight is 253 g/mol. The molecule has 0 heterocycles. The molecule has 0 aliphatic heterocycles. The number of aliphatic hydroxyl groups excluding tert-OH is 1. The quantitative estimate of drug-likeness (QED) is 0.677. The van der Waals surface area contributed by atoms with E-state index in [-0.39, 0.29) is 19.1 Å². The van der Waals surface area contributed by atoms with Crippen LogP contribution in [0.3, 0.4) is 0 Å². The monoisotopic (exact) mass is 253 g/mol. The third kappa shape index (κ3) is 5.54. The molecule has 2 N–H and O–H groups in total. The van der Waals surface area contributed by atoms with Crippen molar-refractivity contribution in [2.45, 2.75) is 13.3 Å². The van der Waals surface area contributed by atoms with Crippen LogP contribution in [-0.2, 0) is 4.79 Å². The molecule has 0 bridgehead atoms. The number of nitrogens with one attached hydrogen (secondary N) is 1. The molecule has 0 aliphatic carbocycles. The number of hydrogen-bond donors (Lipinski definition) is 2. The van der Waals surface area contributed by atoms with E-state index in [0.717, 1.165) is 5.75 Å². The summed E-state index contributed by atoms with van der Waals surface area (Å²) in [6.45, 7) is 3.04. The van der Waals surface area contributed by atoms with Crippen LogP contribution < -0.4 is 14.8 Å². The second-order valence-electron chi connectivity index (χ2n) is 3.62. The Morgan fingerprint density at radius 2 is 1.83 bits per heavy atom. The van der Waals surface area contributed by atoms with Gasteiger partial charge in [0.05, 0.1) is 6.61 Å². The summed E-state index contributed by atoms with van der Waals surface area (Å²) in [5, 5.41) is 11.2. The van der Waals surface area contributed by atoms with Gasteiger partial charge in [-0.15, -0.1) is 0 Å². The molecule has 0 unspecified atom stereocenters. The van der Waals surface area contributed by atoms with E-state index in [0.29, 0.717) is 25.3 Å². The van der Waals surface area contributed by atoms with Gasteiger partial charge >= 0.3 is 0 Å². The van der Waals surface area contributed by atoms with E-state index in [1.807, 2.05) is 6.92 Å². The lowest BCUT2D eigenvalue weighted by atomic mass is 10.3. The summed E-state index contributed by atoms with van der Waals surface area (Å²) in [6, 6.07) is 7.10. The molecule has 1 amide bonds. The minimum Gasteiger partial charge on any atom is -0.494 e. The molecule has 0 radical (unpaired) electrons. The number of carbonyl (C=O) groups is 1. The summed E-state index contributed by atoms with van der Waals surface area (Å²) in [7, 11) is 0. The Morgan fingerprint density at radius 3 is 2.39 bits per heavy atom. The lowest BCUT2D eigenvalue weighted by molar-refractivity contribution is -0.123. The van der Waals surface area contributed by atoms with Gasteiger partial charge in [-0.3, -0.25) is 4.79 Å². The highest BCUT2D eigenvalue weighted by Gasteiger charge is 2.02. The zero-order valence-electron chi connectivity index (χ0n) is 10.5. The Labute approximate surface area is 107 Å². The van der Waals surface area contributed by atoms with E-state index in [1.54, 1.807) is 24.3 Å². The summed E-state index contributed by atoms with van der Waals surface area (Å²) >= 11 is 0. The fourth-order valence-electron chi connectivity index (χ4n) is 1.31. The molecule has 100 valence electrons. The Hall–Kier alpha value is -1.75. The maximum Gasteiger partial charge on any atom is 0.257 e. The van der Waals surface area contributed by atoms with Crippen LogP contribution in [0.5, 0.6) is 11.5 Å². The molecule has 0 atom stereocenters. The maximum atomic E-state index is 11.3. The highest BCUT2D eigenvalue weighted by atomic mass is 16.5. The molecule has 0 spiro atoms. The fraction of sp³-hybridized carbons (Fsp3) is 0.462. The number of amides is 1. The molecule has 18 heavy (non-hydrogen) atoms. The van der Waals surface area contributed by atoms with Crippen molar-refractivity contribution in [1.82, 2.24) is 5.32 Å². The zero-order valence-corrected chi connectivity index (χ0v) is 10.5. The number of aliphatic hydroxyl groups is 1. The van der Waals surface area contributed by atoms with E-state index in [2.05, 4.69) is 5.32 Å². The van der Waals surface area contributed by atoms with Gasteiger partial charge in [-0.25, -0.2) is 0 Å². The van der Waals surface area contributed by atoms with Crippen LogP contribution in [-0.4, -0.2) is 37.4 Å². The molecular formula is C13H19NO4. The van der Waals surface area contributed by atoms with Crippen molar-refractivity contribution in [3.05, 3.63) is 24.3 Å². The molecule has 1 aromatic carbocycles. The van der Waals surface area contributed by atoms with Crippen LogP contribution in [0.2, 0.25) is 0 Å². The van der Waals surface area contributed by atoms with Gasteiger partial charge in [0.25, 0.3) is 5.91 Å². The van der Waals surface area contributed by atoms with Crippen LogP contribution in [0, 0.1) is 0 Å². The van der Waals surface area contributed by atoms with Gasteiger partial charge in [-0.2, -0.15) is 0 Å². The zero-order chi connectivity index (χ0) is 13.2. The topological polar surface area (TPSA) is 67.8 Å². The summed E-state index contributed by atoms with van der Waals surface area (Å²) in [4.78, 5) is 11.3. The molecule has 0 aliphatic rings. The van der Waals surface area contributed by atoms with Crippen LogP contribution in [0.25, 0.3) is 0 Å². The molecular weight excluding hydrogens is 234 g/mol. The second kappa shape index (κ2) is 8.36. The average Bonchev–Trinajstić information content (AvgIpc) is 2.39. The van der Waals surface area contributed by atoms with Crippen molar-refractivity contribution in [2.24, 2.45) is 0 Å². The largest absolute Gasteiger partial charge is 0.494 e. The number of rotatable bonds is 8. The lowest BCUT2D eigenvalue weighted by Crippen LogP contribution is -2.30. The molecule has 0 saturated carbocycles. The maximum absolute atomic E-state index is 11.3. The van der Waals surface area contributed by atoms with Crippen molar-refractivity contribution >= 4 is 5.91 Å². The SMILES string of the molecule is CCOc1ccc(OCC(=O)NCCCO)cc1. The Balaban J connectivity index is 2.27. The molecule has 0 aromatic heterocycles. The second-order valence-corrected chi connectivity index (χ2v) is 3.62. The van der Waals surface area contributed by atoms with E-state index in [1.165, 1.54) is 0 Å². The fourth-order valence-corrected chi connectivity index (χ4v) is 1.31. The molecule has 1 aromatic rings. The molecule has 1 rings (SSSR count). The lowest BCUT2D eigenvalue weighted by Gasteiger charge is -2.08. The highest BCUT2D eigenvalue weighted by Crippen LogP contribution is 2.17. The van der Waals surface area contributed by atoms with Crippen molar-refractivity contribution in [1.29, 1.82) is 0 Å². The number of hydrogen-bond acceptors (Lipinski definition) is 4. The van der Waals surface area contributed by atoms with E-state index < -0.39 is 0 Å². The van der Waals surface area contributed by atoms with Crippen molar-refractivity contribution in [3.8, 4) is 11.5 Å².